The summed E-state index contributed by atoms with van der Waals surface area (Å²) in [7, 11) is 0. The maximum Gasteiger partial charge on any atom is 0.140 e. The number of carbonyl (C=O) groups excluding carboxylic acids is 1. The SMILES string of the molecule is C#CCCCC(=O)C1CCOc2ccccc21. The fraction of sp³-hybridized carbons (Fsp3) is 0.400. The molecule has 17 heavy (non-hydrogen) atoms. The molecule has 1 aromatic rings. The highest BCUT2D eigenvalue weighted by Crippen LogP contribution is 2.34. The average molecular weight is 228 g/mol. The number of benzene rings is 1. The number of hydrogen-bond acceptors (Lipinski definition) is 2. The second kappa shape index (κ2) is 5.54. The van der Waals surface area contributed by atoms with Gasteiger partial charge < -0.3 is 4.74 Å². The lowest BCUT2D eigenvalue weighted by Crippen LogP contribution is -2.21. The number of Topliss-reactive ketones (excluding diaryl/α,β-unsaturated/α-hetero) is 1. The number of ketones is 1. The third-order valence-corrected chi connectivity index (χ3v) is 3.09. The number of unbranched alkanes of at least 4 members (excludes halogenated alkanes) is 1. The number of hydrogen-bond donors (Lipinski definition) is 0. The Bertz CT molecular complexity index is 442. The largest absolute Gasteiger partial charge is 0.493 e. The van der Waals surface area contributed by atoms with E-state index in [2.05, 4.69) is 5.92 Å². The van der Waals surface area contributed by atoms with E-state index < -0.39 is 0 Å². The van der Waals surface area contributed by atoms with Crippen LogP contribution in [0.3, 0.4) is 0 Å². The molecule has 2 rings (SSSR count). The maximum atomic E-state index is 12.1. The molecule has 0 aromatic heterocycles. The van der Waals surface area contributed by atoms with E-state index in [4.69, 9.17) is 11.2 Å². The Morgan fingerprint density at radius 2 is 2.29 bits per heavy atom. The summed E-state index contributed by atoms with van der Waals surface area (Å²) in [6.07, 6.45) is 8.01. The van der Waals surface area contributed by atoms with Crippen LogP contribution in [0.25, 0.3) is 0 Å². The first kappa shape index (κ1) is 11.7. The summed E-state index contributed by atoms with van der Waals surface area (Å²) < 4.78 is 5.54. The lowest BCUT2D eigenvalue weighted by molar-refractivity contribution is -0.121. The molecule has 1 aromatic carbocycles. The highest BCUT2D eigenvalue weighted by molar-refractivity contribution is 5.86. The molecule has 2 heteroatoms. The molecule has 1 unspecified atom stereocenters. The monoisotopic (exact) mass is 228 g/mol. The summed E-state index contributed by atoms with van der Waals surface area (Å²) in [4.78, 5) is 12.1. The molecule has 0 amide bonds. The summed E-state index contributed by atoms with van der Waals surface area (Å²) in [5, 5.41) is 0. The van der Waals surface area contributed by atoms with Crippen LogP contribution in [-0.2, 0) is 4.79 Å². The minimum absolute atomic E-state index is 0.00211. The Morgan fingerprint density at radius 3 is 3.12 bits per heavy atom. The minimum atomic E-state index is -0.00211. The molecule has 1 aliphatic rings. The summed E-state index contributed by atoms with van der Waals surface area (Å²) in [6, 6.07) is 7.80. The van der Waals surface area contributed by atoms with Gasteiger partial charge in [-0.3, -0.25) is 4.79 Å². The molecular weight excluding hydrogens is 212 g/mol. The van der Waals surface area contributed by atoms with Gasteiger partial charge in [0.1, 0.15) is 11.5 Å². The van der Waals surface area contributed by atoms with Gasteiger partial charge in [0, 0.05) is 24.3 Å². The van der Waals surface area contributed by atoms with Crippen molar-refractivity contribution >= 4 is 5.78 Å². The van der Waals surface area contributed by atoms with Crippen molar-refractivity contribution in [3.63, 3.8) is 0 Å². The fourth-order valence-electron chi connectivity index (χ4n) is 2.22. The molecule has 1 atom stereocenters. The van der Waals surface area contributed by atoms with Crippen LogP contribution in [0.5, 0.6) is 5.75 Å². The topological polar surface area (TPSA) is 26.3 Å². The van der Waals surface area contributed by atoms with Gasteiger partial charge in [-0.2, -0.15) is 0 Å². The van der Waals surface area contributed by atoms with Gasteiger partial charge in [0.2, 0.25) is 0 Å². The predicted molar refractivity (Wildman–Crippen MR) is 67.0 cm³/mol. The summed E-state index contributed by atoms with van der Waals surface area (Å²) >= 11 is 0. The van der Waals surface area contributed by atoms with Gasteiger partial charge in [-0.05, 0) is 18.9 Å². The van der Waals surface area contributed by atoms with E-state index in [1.807, 2.05) is 24.3 Å². The molecule has 1 aliphatic heterocycles. The molecule has 1 heterocycles. The van der Waals surface area contributed by atoms with Crippen molar-refractivity contribution in [1.29, 1.82) is 0 Å². The van der Waals surface area contributed by atoms with E-state index in [0.717, 1.165) is 24.2 Å². The van der Waals surface area contributed by atoms with Gasteiger partial charge in [0.05, 0.1) is 6.61 Å². The molecule has 0 N–H and O–H groups in total. The number of para-hydroxylation sites is 1. The third kappa shape index (κ3) is 2.68. The summed E-state index contributed by atoms with van der Waals surface area (Å²) in [5.74, 6) is 3.71. The zero-order chi connectivity index (χ0) is 12.1. The van der Waals surface area contributed by atoms with Crippen LogP contribution in [0, 0.1) is 12.3 Å². The molecule has 0 saturated heterocycles. The molecule has 0 spiro atoms. The Balaban J connectivity index is 2.08. The first-order chi connectivity index (χ1) is 8.33. The molecule has 88 valence electrons. The first-order valence-electron chi connectivity index (χ1n) is 6.01. The van der Waals surface area contributed by atoms with E-state index in [1.165, 1.54) is 0 Å². The van der Waals surface area contributed by atoms with Crippen molar-refractivity contribution in [2.24, 2.45) is 0 Å². The molecule has 0 bridgehead atoms. The zero-order valence-electron chi connectivity index (χ0n) is 9.82. The normalized spacial score (nSPS) is 17.7. The Kier molecular flexibility index (Phi) is 3.82. The van der Waals surface area contributed by atoms with Crippen LogP contribution in [0.1, 0.15) is 37.2 Å². The van der Waals surface area contributed by atoms with Crippen molar-refractivity contribution in [2.45, 2.75) is 31.6 Å². The number of terminal acetylenes is 1. The van der Waals surface area contributed by atoms with E-state index in [1.54, 1.807) is 0 Å². The van der Waals surface area contributed by atoms with Gasteiger partial charge in [-0.25, -0.2) is 0 Å². The minimum Gasteiger partial charge on any atom is -0.493 e. The average Bonchev–Trinajstić information content (AvgIpc) is 2.38. The van der Waals surface area contributed by atoms with Gasteiger partial charge in [0.25, 0.3) is 0 Å². The molecule has 0 aliphatic carbocycles. The third-order valence-electron chi connectivity index (χ3n) is 3.09. The molecule has 0 saturated carbocycles. The quantitative estimate of drug-likeness (QED) is 0.585. The van der Waals surface area contributed by atoms with Crippen molar-refractivity contribution in [2.75, 3.05) is 6.61 Å². The van der Waals surface area contributed by atoms with E-state index in [-0.39, 0.29) is 11.7 Å². The number of fused-ring (bicyclic) bond motifs is 1. The smallest absolute Gasteiger partial charge is 0.140 e. The second-order valence-corrected chi connectivity index (χ2v) is 4.25. The molecule has 0 fully saturated rings. The van der Waals surface area contributed by atoms with Crippen LogP contribution in [0.2, 0.25) is 0 Å². The molecule has 2 nitrogen and oxygen atoms in total. The Morgan fingerprint density at radius 1 is 1.47 bits per heavy atom. The number of rotatable bonds is 4. The van der Waals surface area contributed by atoms with Gasteiger partial charge >= 0.3 is 0 Å². The van der Waals surface area contributed by atoms with Crippen molar-refractivity contribution in [3.8, 4) is 18.1 Å². The summed E-state index contributed by atoms with van der Waals surface area (Å²) in [5.41, 5.74) is 1.03. The predicted octanol–water partition coefficient (Wildman–Crippen LogP) is 2.93. The highest BCUT2D eigenvalue weighted by Gasteiger charge is 2.26. The number of ether oxygens (including phenoxy) is 1. The highest BCUT2D eigenvalue weighted by atomic mass is 16.5. The first-order valence-corrected chi connectivity index (χ1v) is 6.01. The Hall–Kier alpha value is -1.75. The van der Waals surface area contributed by atoms with Gasteiger partial charge in [-0.15, -0.1) is 12.3 Å². The summed E-state index contributed by atoms with van der Waals surface area (Å²) in [6.45, 7) is 0.628. The van der Waals surface area contributed by atoms with Crippen LogP contribution < -0.4 is 4.74 Å². The molecular formula is C15H16O2. The van der Waals surface area contributed by atoms with E-state index in [9.17, 15) is 4.79 Å². The lowest BCUT2D eigenvalue weighted by Gasteiger charge is -2.24. The van der Waals surface area contributed by atoms with Crippen LogP contribution in [0.4, 0.5) is 0 Å². The van der Waals surface area contributed by atoms with E-state index in [0.29, 0.717) is 19.4 Å². The van der Waals surface area contributed by atoms with Gasteiger partial charge in [0.15, 0.2) is 0 Å². The van der Waals surface area contributed by atoms with Crippen LogP contribution in [-0.4, -0.2) is 12.4 Å². The maximum absolute atomic E-state index is 12.1. The van der Waals surface area contributed by atoms with Crippen molar-refractivity contribution in [1.82, 2.24) is 0 Å². The van der Waals surface area contributed by atoms with Crippen LogP contribution >= 0.6 is 0 Å². The van der Waals surface area contributed by atoms with Gasteiger partial charge in [-0.1, -0.05) is 18.2 Å². The Labute approximate surface area is 102 Å². The lowest BCUT2D eigenvalue weighted by atomic mass is 9.87. The van der Waals surface area contributed by atoms with Crippen molar-refractivity contribution < 1.29 is 9.53 Å². The number of carbonyl (C=O) groups is 1. The van der Waals surface area contributed by atoms with Crippen molar-refractivity contribution in [3.05, 3.63) is 29.8 Å². The standard InChI is InChI=1S/C15H16O2/c1-2-3-4-8-14(16)12-10-11-17-15-9-6-5-7-13(12)15/h1,5-7,9,12H,3-4,8,10-11H2. The zero-order valence-corrected chi connectivity index (χ0v) is 9.82. The second-order valence-electron chi connectivity index (χ2n) is 4.25. The fourth-order valence-corrected chi connectivity index (χ4v) is 2.22. The van der Waals surface area contributed by atoms with E-state index >= 15 is 0 Å². The molecule has 0 radical (unpaired) electrons. The van der Waals surface area contributed by atoms with Crippen LogP contribution in [0.15, 0.2) is 24.3 Å².